The number of aromatic nitrogens is 3. The summed E-state index contributed by atoms with van der Waals surface area (Å²) in [5.41, 5.74) is 7.27. The summed E-state index contributed by atoms with van der Waals surface area (Å²) in [7, 11) is 0. The predicted octanol–water partition coefficient (Wildman–Crippen LogP) is 4.40. The van der Waals surface area contributed by atoms with Gasteiger partial charge in [0.25, 0.3) is 0 Å². The Hall–Kier alpha value is -2.98. The van der Waals surface area contributed by atoms with Crippen LogP contribution in [0, 0.1) is 5.92 Å². The number of anilines is 4. The highest BCUT2D eigenvalue weighted by atomic mass is 16.5. The molecular formula is C30H48N8O2. The van der Waals surface area contributed by atoms with E-state index in [1.807, 2.05) is 24.3 Å². The molecule has 0 radical (unpaired) electrons. The lowest BCUT2D eigenvalue weighted by Gasteiger charge is -2.27. The van der Waals surface area contributed by atoms with Gasteiger partial charge < -0.3 is 31.3 Å². The molecule has 220 valence electrons. The quantitative estimate of drug-likeness (QED) is 0.224. The van der Waals surface area contributed by atoms with Gasteiger partial charge in [0, 0.05) is 45.0 Å². The van der Waals surface area contributed by atoms with Crippen molar-refractivity contribution in [3.8, 4) is 0 Å². The maximum atomic E-state index is 12.4. The minimum absolute atomic E-state index is 0.0393. The number of rotatable bonds is 16. The van der Waals surface area contributed by atoms with Gasteiger partial charge in [-0.2, -0.15) is 15.0 Å². The molecule has 0 bridgehead atoms. The summed E-state index contributed by atoms with van der Waals surface area (Å²) in [4.78, 5) is 28.9. The maximum Gasteiger partial charge on any atom is 0.233 e. The number of nitrogens with zero attached hydrogens (tertiary/aromatic N) is 4. The molecule has 1 saturated carbocycles. The highest BCUT2D eigenvalue weighted by molar-refractivity contribution is 5.78. The minimum atomic E-state index is 0.0393. The number of carbonyl (C=O) groups is 1. The molecule has 0 spiro atoms. The average Bonchev–Trinajstić information content (AvgIpc) is 2.99. The van der Waals surface area contributed by atoms with Crippen molar-refractivity contribution in [2.75, 3.05) is 61.5 Å². The third kappa shape index (κ3) is 10.5. The number of unbranched alkanes of at least 4 members (excludes halogenated alkanes) is 2. The zero-order valence-electron chi connectivity index (χ0n) is 24.0. The van der Waals surface area contributed by atoms with Gasteiger partial charge in [0.15, 0.2) is 0 Å². The van der Waals surface area contributed by atoms with Crippen molar-refractivity contribution in [2.24, 2.45) is 11.7 Å². The number of nitrogens with two attached hydrogens (primary N) is 1. The highest BCUT2D eigenvalue weighted by Gasteiger charge is 2.18. The van der Waals surface area contributed by atoms with Gasteiger partial charge >= 0.3 is 0 Å². The van der Waals surface area contributed by atoms with Crippen LogP contribution in [-0.2, 0) is 16.0 Å². The second-order valence-corrected chi connectivity index (χ2v) is 11.0. The van der Waals surface area contributed by atoms with E-state index in [0.717, 1.165) is 62.7 Å². The van der Waals surface area contributed by atoms with Crippen LogP contribution < -0.4 is 26.6 Å². The van der Waals surface area contributed by atoms with Gasteiger partial charge in [-0.25, -0.2) is 0 Å². The maximum absolute atomic E-state index is 12.4. The Bertz CT molecular complexity index is 1010. The van der Waals surface area contributed by atoms with Gasteiger partial charge in [-0.05, 0) is 75.0 Å². The fourth-order valence-electron chi connectivity index (χ4n) is 5.36. The van der Waals surface area contributed by atoms with Gasteiger partial charge in [-0.15, -0.1) is 0 Å². The van der Waals surface area contributed by atoms with E-state index in [1.54, 1.807) is 0 Å². The van der Waals surface area contributed by atoms with Crippen molar-refractivity contribution in [2.45, 2.75) is 77.0 Å². The Labute approximate surface area is 239 Å². The number of carbonyl (C=O) groups excluding carboxylic acids is 1. The summed E-state index contributed by atoms with van der Waals surface area (Å²) < 4.78 is 5.38. The molecule has 1 aromatic heterocycles. The standard InChI is InChI=1S/C30H48N8O2/c31-16-21-40-20-9-2-6-17-32-27(39)22-24-12-14-26(15-13-24)34-29-35-28(33-23-25-10-4-1-5-11-25)36-30(37-29)38-18-7-3-8-19-38/h12-15,25H,1-11,16-23,31H2,(H,32,39)(H2,33,34,35,36,37). The Morgan fingerprint density at radius 2 is 1.65 bits per heavy atom. The van der Waals surface area contributed by atoms with Crippen molar-refractivity contribution < 1.29 is 9.53 Å². The first-order valence-electron chi connectivity index (χ1n) is 15.3. The highest BCUT2D eigenvalue weighted by Crippen LogP contribution is 2.25. The molecule has 2 fully saturated rings. The van der Waals surface area contributed by atoms with Gasteiger partial charge in [-0.1, -0.05) is 31.4 Å². The number of nitrogens with one attached hydrogen (secondary N) is 3. The molecule has 1 aromatic carbocycles. The van der Waals surface area contributed by atoms with E-state index in [9.17, 15) is 4.79 Å². The lowest BCUT2D eigenvalue weighted by molar-refractivity contribution is -0.120. The van der Waals surface area contributed by atoms with Crippen LogP contribution in [0.2, 0.25) is 0 Å². The van der Waals surface area contributed by atoms with Crippen LogP contribution in [-0.4, -0.2) is 66.8 Å². The van der Waals surface area contributed by atoms with Gasteiger partial charge in [0.2, 0.25) is 23.8 Å². The molecule has 0 unspecified atom stereocenters. The summed E-state index contributed by atoms with van der Waals surface area (Å²) >= 11 is 0. The largest absolute Gasteiger partial charge is 0.380 e. The smallest absolute Gasteiger partial charge is 0.233 e. The molecule has 2 heterocycles. The Morgan fingerprint density at radius 3 is 2.42 bits per heavy atom. The van der Waals surface area contributed by atoms with E-state index in [0.29, 0.717) is 43.9 Å². The molecule has 0 atom stereocenters. The van der Waals surface area contributed by atoms with Crippen molar-refractivity contribution in [3.63, 3.8) is 0 Å². The number of hydrogen-bond acceptors (Lipinski definition) is 9. The molecule has 2 aliphatic rings. The van der Waals surface area contributed by atoms with Gasteiger partial charge in [-0.3, -0.25) is 4.79 Å². The molecule has 10 heteroatoms. The van der Waals surface area contributed by atoms with E-state index < -0.39 is 0 Å². The summed E-state index contributed by atoms with van der Waals surface area (Å²) in [5.74, 6) is 2.64. The SMILES string of the molecule is NCCOCCCCCNC(=O)Cc1ccc(Nc2nc(NCC3CCCCC3)nc(N3CCCCC3)n2)cc1. The first-order valence-corrected chi connectivity index (χ1v) is 15.3. The molecule has 2 aromatic rings. The minimum Gasteiger partial charge on any atom is -0.380 e. The molecule has 1 saturated heterocycles. The summed E-state index contributed by atoms with van der Waals surface area (Å²) in [6, 6.07) is 7.91. The zero-order chi connectivity index (χ0) is 27.8. The second-order valence-electron chi connectivity index (χ2n) is 11.0. The van der Waals surface area contributed by atoms with Crippen LogP contribution in [0.15, 0.2) is 24.3 Å². The molecule has 1 aliphatic heterocycles. The molecule has 40 heavy (non-hydrogen) atoms. The Kier molecular flexibility index (Phi) is 12.7. The third-order valence-electron chi connectivity index (χ3n) is 7.66. The van der Waals surface area contributed by atoms with Gasteiger partial charge in [0.1, 0.15) is 0 Å². The lowest BCUT2D eigenvalue weighted by Crippen LogP contribution is -2.31. The molecule has 1 amide bonds. The van der Waals surface area contributed by atoms with E-state index in [4.69, 9.17) is 25.4 Å². The second kappa shape index (κ2) is 17.0. The van der Waals surface area contributed by atoms with Crippen molar-refractivity contribution in [1.29, 1.82) is 0 Å². The van der Waals surface area contributed by atoms with Gasteiger partial charge in [0.05, 0.1) is 13.0 Å². The van der Waals surface area contributed by atoms with Crippen LogP contribution in [0.25, 0.3) is 0 Å². The van der Waals surface area contributed by atoms with Crippen LogP contribution >= 0.6 is 0 Å². The van der Waals surface area contributed by atoms with Crippen LogP contribution in [0.3, 0.4) is 0 Å². The van der Waals surface area contributed by atoms with Crippen LogP contribution in [0.5, 0.6) is 0 Å². The van der Waals surface area contributed by atoms with E-state index in [1.165, 1.54) is 51.4 Å². The monoisotopic (exact) mass is 552 g/mol. The summed E-state index contributed by atoms with van der Waals surface area (Å²) in [5, 5.41) is 9.88. The number of amides is 1. The molecule has 5 N–H and O–H groups in total. The number of piperidine rings is 1. The average molecular weight is 553 g/mol. The summed E-state index contributed by atoms with van der Waals surface area (Å²) in [6.45, 7) is 5.45. The first kappa shape index (κ1) is 30.0. The number of ether oxygens (including phenoxy) is 1. The number of benzene rings is 1. The molecule has 10 nitrogen and oxygen atoms in total. The zero-order valence-corrected chi connectivity index (χ0v) is 24.0. The Morgan fingerprint density at radius 1 is 0.900 bits per heavy atom. The molecule has 4 rings (SSSR count). The normalized spacial score (nSPS) is 16.1. The van der Waals surface area contributed by atoms with E-state index in [-0.39, 0.29) is 5.91 Å². The summed E-state index contributed by atoms with van der Waals surface area (Å²) in [6.07, 6.45) is 13.5. The van der Waals surface area contributed by atoms with Crippen molar-refractivity contribution in [1.82, 2.24) is 20.3 Å². The third-order valence-corrected chi connectivity index (χ3v) is 7.66. The first-order chi connectivity index (χ1) is 19.7. The fraction of sp³-hybridized carbons (Fsp3) is 0.667. The number of hydrogen-bond donors (Lipinski definition) is 4. The van der Waals surface area contributed by atoms with Crippen LogP contribution in [0.1, 0.15) is 76.2 Å². The van der Waals surface area contributed by atoms with Crippen molar-refractivity contribution in [3.05, 3.63) is 29.8 Å². The topological polar surface area (TPSA) is 130 Å². The van der Waals surface area contributed by atoms with Crippen LogP contribution in [0.4, 0.5) is 23.5 Å². The molecule has 1 aliphatic carbocycles. The fourth-order valence-corrected chi connectivity index (χ4v) is 5.36. The molecular weight excluding hydrogens is 504 g/mol. The van der Waals surface area contributed by atoms with E-state index >= 15 is 0 Å². The lowest BCUT2D eigenvalue weighted by atomic mass is 9.89. The van der Waals surface area contributed by atoms with E-state index in [2.05, 4.69) is 20.9 Å². The Balaban J connectivity index is 1.28. The van der Waals surface area contributed by atoms with Crippen molar-refractivity contribution >= 4 is 29.4 Å². The predicted molar refractivity (Wildman–Crippen MR) is 161 cm³/mol.